The van der Waals surface area contributed by atoms with E-state index in [0.29, 0.717) is 0 Å². The lowest BCUT2D eigenvalue weighted by molar-refractivity contribution is -0.137. The summed E-state index contributed by atoms with van der Waals surface area (Å²) in [6, 6.07) is 2.72. The fourth-order valence-electron chi connectivity index (χ4n) is 1.79. The average molecular weight is 318 g/mol. The number of carbonyl (C=O) groups is 2. The third kappa shape index (κ3) is 2.62. The first-order valence-corrected chi connectivity index (χ1v) is 7.46. The van der Waals surface area contributed by atoms with Crippen LogP contribution in [0.15, 0.2) is 23.1 Å². The van der Waals surface area contributed by atoms with Crippen LogP contribution in [-0.4, -0.2) is 38.2 Å². The van der Waals surface area contributed by atoms with Crippen LogP contribution in [0.2, 0.25) is 5.02 Å². The highest BCUT2D eigenvalue weighted by molar-refractivity contribution is 7.89. The normalized spacial score (nSPS) is 19.7. The summed E-state index contributed by atoms with van der Waals surface area (Å²) in [5, 5.41) is 0.232. The van der Waals surface area contributed by atoms with Crippen molar-refractivity contribution in [3.63, 3.8) is 0 Å². The zero-order chi connectivity index (χ0) is 15.1. The Kier molecular flexibility index (Phi) is 3.72. The first kappa shape index (κ1) is 14.8. The predicted molar refractivity (Wildman–Crippen MR) is 72.4 cm³/mol. The number of nitrogen functional groups attached to an aromatic ring is 1. The molecule has 1 atom stereocenters. The number of nitrogens with two attached hydrogens (primary N) is 1. The summed E-state index contributed by atoms with van der Waals surface area (Å²) in [5.41, 5.74) is 5.66. The van der Waals surface area contributed by atoms with Crippen LogP contribution in [0, 0.1) is 0 Å². The molecule has 3 N–H and O–H groups in total. The van der Waals surface area contributed by atoms with E-state index < -0.39 is 27.9 Å². The molecule has 1 aromatic rings. The number of likely N-dealkylation sites (tertiary alicyclic amines) is 1. The second-order valence-corrected chi connectivity index (χ2v) is 6.47. The van der Waals surface area contributed by atoms with Crippen LogP contribution in [0.4, 0.5) is 5.69 Å². The number of sulfonamides is 1. The van der Waals surface area contributed by atoms with Crippen LogP contribution in [-0.2, 0) is 19.6 Å². The van der Waals surface area contributed by atoms with Crippen LogP contribution in [0.5, 0.6) is 0 Å². The molecule has 1 heterocycles. The minimum Gasteiger partial charge on any atom is -0.397 e. The zero-order valence-corrected chi connectivity index (χ0v) is 12.0. The second-order valence-electron chi connectivity index (χ2n) is 4.35. The lowest BCUT2D eigenvalue weighted by atomic mass is 10.3. The number of carbonyl (C=O) groups excluding carboxylic acids is 2. The SMILES string of the molecule is CN1C(=O)CC(NS(=O)(=O)c2ccc(Cl)c(N)c2)C1=O. The molecule has 0 aromatic heterocycles. The number of nitrogens with zero attached hydrogens (tertiary/aromatic N) is 1. The van der Waals surface area contributed by atoms with Crippen molar-refractivity contribution < 1.29 is 18.0 Å². The first-order chi connectivity index (χ1) is 9.22. The Morgan fingerprint density at radius 3 is 2.55 bits per heavy atom. The molecule has 1 aliphatic rings. The molecule has 1 aliphatic heterocycles. The summed E-state index contributed by atoms with van der Waals surface area (Å²) in [6.07, 6.45) is -0.197. The quantitative estimate of drug-likeness (QED) is 0.600. The smallest absolute Gasteiger partial charge is 0.247 e. The third-order valence-corrected chi connectivity index (χ3v) is 4.77. The summed E-state index contributed by atoms with van der Waals surface area (Å²) in [7, 11) is -2.65. The van der Waals surface area contributed by atoms with Crippen molar-refractivity contribution in [2.75, 3.05) is 12.8 Å². The van der Waals surface area contributed by atoms with Crippen molar-refractivity contribution >= 4 is 39.1 Å². The van der Waals surface area contributed by atoms with Crippen LogP contribution in [0.25, 0.3) is 0 Å². The maximum Gasteiger partial charge on any atom is 0.247 e. The molecular weight excluding hydrogens is 306 g/mol. The average Bonchev–Trinajstić information content (AvgIpc) is 2.60. The Morgan fingerprint density at radius 1 is 1.40 bits per heavy atom. The molecular formula is C11H12ClN3O4S. The molecule has 108 valence electrons. The predicted octanol–water partition coefficient (Wildman–Crippen LogP) is -0.0422. The van der Waals surface area contributed by atoms with Crippen LogP contribution < -0.4 is 10.5 Å². The number of likely N-dealkylation sites (N-methyl/N-ethyl adjacent to an activating group) is 1. The van der Waals surface area contributed by atoms with E-state index >= 15 is 0 Å². The van der Waals surface area contributed by atoms with Gasteiger partial charge in [0, 0.05) is 7.05 Å². The van der Waals surface area contributed by atoms with Gasteiger partial charge in [0.25, 0.3) is 0 Å². The molecule has 1 fully saturated rings. The van der Waals surface area contributed by atoms with Crippen molar-refractivity contribution in [1.82, 2.24) is 9.62 Å². The first-order valence-electron chi connectivity index (χ1n) is 5.60. The zero-order valence-electron chi connectivity index (χ0n) is 10.5. The molecule has 0 aliphatic carbocycles. The summed E-state index contributed by atoms with van der Waals surface area (Å²) in [4.78, 5) is 23.8. The number of hydrogen-bond donors (Lipinski definition) is 2. The number of nitrogens with one attached hydrogen (secondary N) is 1. The van der Waals surface area contributed by atoms with Crippen molar-refractivity contribution in [2.45, 2.75) is 17.4 Å². The highest BCUT2D eigenvalue weighted by Gasteiger charge is 2.38. The number of benzene rings is 1. The van der Waals surface area contributed by atoms with E-state index in [9.17, 15) is 18.0 Å². The Labute approximate surface area is 120 Å². The number of hydrogen-bond acceptors (Lipinski definition) is 5. The fraction of sp³-hybridized carbons (Fsp3) is 0.273. The molecule has 1 aromatic carbocycles. The fourth-order valence-corrected chi connectivity index (χ4v) is 3.13. The van der Waals surface area contributed by atoms with Crippen molar-refractivity contribution in [2.24, 2.45) is 0 Å². The van der Waals surface area contributed by atoms with Gasteiger partial charge >= 0.3 is 0 Å². The van der Waals surface area contributed by atoms with Gasteiger partial charge in [-0.2, -0.15) is 4.72 Å². The van der Waals surface area contributed by atoms with Gasteiger partial charge in [0.15, 0.2) is 0 Å². The number of rotatable bonds is 3. The van der Waals surface area contributed by atoms with Gasteiger partial charge in [0.1, 0.15) is 6.04 Å². The molecule has 2 amide bonds. The van der Waals surface area contributed by atoms with E-state index in [0.717, 1.165) is 4.90 Å². The molecule has 2 rings (SSSR count). The Bertz CT molecular complexity index is 689. The Morgan fingerprint density at radius 2 is 2.05 bits per heavy atom. The third-order valence-electron chi connectivity index (χ3n) is 2.96. The lowest BCUT2D eigenvalue weighted by Crippen LogP contribution is -2.40. The van der Waals surface area contributed by atoms with Gasteiger partial charge in [-0.1, -0.05) is 11.6 Å². The number of halogens is 1. The Balaban J connectivity index is 2.26. The summed E-state index contributed by atoms with van der Waals surface area (Å²) < 4.78 is 26.4. The van der Waals surface area contributed by atoms with E-state index in [4.69, 9.17) is 17.3 Å². The monoisotopic (exact) mass is 317 g/mol. The molecule has 1 saturated heterocycles. The molecule has 1 unspecified atom stereocenters. The molecule has 0 radical (unpaired) electrons. The molecule has 7 nitrogen and oxygen atoms in total. The number of amides is 2. The van der Waals surface area contributed by atoms with E-state index in [1.54, 1.807) is 0 Å². The maximum atomic E-state index is 12.1. The largest absolute Gasteiger partial charge is 0.397 e. The van der Waals surface area contributed by atoms with Crippen LogP contribution >= 0.6 is 11.6 Å². The van der Waals surface area contributed by atoms with Gasteiger partial charge in [-0.25, -0.2) is 8.42 Å². The van der Waals surface area contributed by atoms with Crippen molar-refractivity contribution in [3.8, 4) is 0 Å². The number of anilines is 1. The molecule has 9 heteroatoms. The molecule has 20 heavy (non-hydrogen) atoms. The standard InChI is InChI=1S/C11H12ClN3O4S/c1-15-10(16)5-9(11(15)17)14-20(18,19)6-2-3-7(12)8(13)4-6/h2-4,9,14H,5,13H2,1H3. The van der Waals surface area contributed by atoms with Gasteiger partial charge in [-0.05, 0) is 18.2 Å². The maximum absolute atomic E-state index is 12.1. The summed E-state index contributed by atoms with van der Waals surface area (Å²) >= 11 is 5.72. The van der Waals surface area contributed by atoms with Gasteiger partial charge in [0.2, 0.25) is 21.8 Å². The second kappa shape index (κ2) is 5.04. The minimum atomic E-state index is -3.95. The minimum absolute atomic E-state index is 0.112. The highest BCUT2D eigenvalue weighted by Crippen LogP contribution is 2.23. The van der Waals surface area contributed by atoms with Crippen LogP contribution in [0.1, 0.15) is 6.42 Å². The van der Waals surface area contributed by atoms with Crippen LogP contribution in [0.3, 0.4) is 0 Å². The Hall–Kier alpha value is -1.64. The van der Waals surface area contributed by atoms with Crippen molar-refractivity contribution in [1.29, 1.82) is 0 Å². The highest BCUT2D eigenvalue weighted by atomic mass is 35.5. The summed E-state index contributed by atoms with van der Waals surface area (Å²) in [6.45, 7) is 0. The van der Waals surface area contributed by atoms with Gasteiger partial charge < -0.3 is 5.73 Å². The van der Waals surface area contributed by atoms with E-state index in [-0.39, 0.29) is 22.0 Å². The molecule has 0 saturated carbocycles. The van der Waals surface area contributed by atoms with Gasteiger partial charge in [0.05, 0.1) is 22.0 Å². The topological polar surface area (TPSA) is 110 Å². The van der Waals surface area contributed by atoms with E-state index in [1.807, 2.05) is 0 Å². The number of imide groups is 1. The van der Waals surface area contributed by atoms with Gasteiger partial charge in [-0.3, -0.25) is 14.5 Å². The van der Waals surface area contributed by atoms with E-state index in [2.05, 4.69) is 4.72 Å². The lowest BCUT2D eigenvalue weighted by Gasteiger charge is -2.12. The summed E-state index contributed by atoms with van der Waals surface area (Å²) in [5.74, 6) is -1.01. The van der Waals surface area contributed by atoms with Gasteiger partial charge in [-0.15, -0.1) is 0 Å². The van der Waals surface area contributed by atoms with E-state index in [1.165, 1.54) is 25.2 Å². The molecule has 0 bridgehead atoms. The van der Waals surface area contributed by atoms with Crippen molar-refractivity contribution in [3.05, 3.63) is 23.2 Å². The molecule has 0 spiro atoms.